The van der Waals surface area contributed by atoms with E-state index in [1.54, 1.807) is 36.4 Å². The van der Waals surface area contributed by atoms with Gasteiger partial charge in [-0.2, -0.15) is 0 Å². The van der Waals surface area contributed by atoms with Crippen LogP contribution in [0.1, 0.15) is 38.3 Å². The fourth-order valence-electron chi connectivity index (χ4n) is 3.17. The van der Waals surface area contributed by atoms with E-state index in [0.717, 1.165) is 35.1 Å². The molecule has 0 aliphatic carbocycles. The van der Waals surface area contributed by atoms with Crippen molar-refractivity contribution < 1.29 is 23.9 Å². The molecular formula is C25H28N2O5S. The van der Waals surface area contributed by atoms with Gasteiger partial charge in [0.2, 0.25) is 5.91 Å². The van der Waals surface area contributed by atoms with Gasteiger partial charge in [-0.25, -0.2) is 0 Å². The molecule has 1 aliphatic heterocycles. The van der Waals surface area contributed by atoms with Crippen LogP contribution in [0.5, 0.6) is 11.5 Å². The Kier molecular flexibility index (Phi) is 8.54. The van der Waals surface area contributed by atoms with Crippen molar-refractivity contribution in [2.45, 2.75) is 33.6 Å². The summed E-state index contributed by atoms with van der Waals surface area (Å²) >= 11 is 0.814. The van der Waals surface area contributed by atoms with Crippen LogP contribution >= 0.6 is 11.8 Å². The van der Waals surface area contributed by atoms with E-state index in [9.17, 15) is 14.4 Å². The summed E-state index contributed by atoms with van der Waals surface area (Å²) in [7, 11) is 0. The number of aryl methyl sites for hydroxylation is 1. The molecule has 0 radical (unpaired) electrons. The fraction of sp³-hybridized carbons (Fsp3) is 0.320. The molecule has 0 bridgehead atoms. The van der Waals surface area contributed by atoms with Crippen molar-refractivity contribution >= 4 is 40.6 Å². The second-order valence-corrected chi connectivity index (χ2v) is 8.35. The van der Waals surface area contributed by atoms with Crippen molar-refractivity contribution in [3.63, 3.8) is 0 Å². The van der Waals surface area contributed by atoms with Crippen molar-refractivity contribution in [3.8, 4) is 11.5 Å². The standard InChI is InChI=1S/C25H28N2O5S/c1-4-13-32-20-12-9-18(14-21(20)31-6-3)15-22-24(29)27(25(30)33-22)16-23(28)26-19-10-7-17(5-2)8-11-19/h7-12,14-15H,4-6,13,16H2,1-3H3,(H,26,28)/b22-15-. The van der Waals surface area contributed by atoms with Crippen molar-refractivity contribution in [1.29, 1.82) is 0 Å². The molecule has 8 heteroatoms. The average molecular weight is 469 g/mol. The predicted octanol–water partition coefficient (Wildman–Crippen LogP) is 5.11. The molecule has 3 rings (SSSR count). The van der Waals surface area contributed by atoms with Gasteiger partial charge in [0, 0.05) is 5.69 Å². The third-order valence-electron chi connectivity index (χ3n) is 4.85. The van der Waals surface area contributed by atoms with Gasteiger partial charge in [-0.15, -0.1) is 0 Å². The molecule has 1 saturated heterocycles. The molecule has 7 nitrogen and oxygen atoms in total. The summed E-state index contributed by atoms with van der Waals surface area (Å²) in [6.07, 6.45) is 3.40. The highest BCUT2D eigenvalue weighted by molar-refractivity contribution is 8.18. The van der Waals surface area contributed by atoms with Crippen LogP contribution in [0.4, 0.5) is 10.5 Å². The number of benzene rings is 2. The predicted molar refractivity (Wildman–Crippen MR) is 131 cm³/mol. The smallest absolute Gasteiger partial charge is 0.294 e. The first-order chi connectivity index (χ1) is 15.9. The molecule has 1 heterocycles. The van der Waals surface area contributed by atoms with Crippen LogP contribution in [0.2, 0.25) is 0 Å². The number of carbonyl (C=O) groups excluding carboxylic acids is 3. The van der Waals surface area contributed by atoms with Crippen molar-refractivity contribution in [2.24, 2.45) is 0 Å². The molecule has 174 valence electrons. The van der Waals surface area contributed by atoms with Crippen LogP contribution < -0.4 is 14.8 Å². The number of carbonyl (C=O) groups is 3. The second-order valence-electron chi connectivity index (χ2n) is 7.35. The zero-order valence-corrected chi connectivity index (χ0v) is 19.9. The number of rotatable bonds is 10. The van der Waals surface area contributed by atoms with E-state index < -0.39 is 17.1 Å². The Hall–Kier alpha value is -3.26. The number of amides is 3. The molecule has 0 atom stereocenters. The van der Waals surface area contributed by atoms with Gasteiger partial charge in [-0.3, -0.25) is 19.3 Å². The number of hydrogen-bond acceptors (Lipinski definition) is 6. The quantitative estimate of drug-likeness (QED) is 0.488. The first-order valence-electron chi connectivity index (χ1n) is 11.0. The lowest BCUT2D eigenvalue weighted by Gasteiger charge is -2.13. The summed E-state index contributed by atoms with van der Waals surface area (Å²) in [5.41, 5.74) is 2.48. The van der Waals surface area contributed by atoms with Crippen molar-refractivity contribution in [2.75, 3.05) is 25.1 Å². The Morgan fingerprint density at radius 2 is 1.79 bits per heavy atom. The fourth-order valence-corrected chi connectivity index (χ4v) is 4.01. The monoisotopic (exact) mass is 468 g/mol. The lowest BCUT2D eigenvalue weighted by molar-refractivity contribution is -0.127. The number of ether oxygens (including phenoxy) is 2. The van der Waals surface area contributed by atoms with E-state index in [0.29, 0.717) is 36.0 Å². The van der Waals surface area contributed by atoms with Crippen LogP contribution in [0.3, 0.4) is 0 Å². The van der Waals surface area contributed by atoms with Gasteiger partial charge in [0.25, 0.3) is 11.1 Å². The Morgan fingerprint density at radius 3 is 2.45 bits per heavy atom. The SMILES string of the molecule is CCCOc1ccc(/C=C2\SC(=O)N(CC(=O)Nc3ccc(CC)cc3)C2=O)cc1OCC. The molecule has 0 spiro atoms. The molecule has 2 aromatic carbocycles. The van der Waals surface area contributed by atoms with Crippen molar-refractivity contribution in [1.82, 2.24) is 4.90 Å². The summed E-state index contributed by atoms with van der Waals surface area (Å²) in [5, 5.41) is 2.25. The number of nitrogens with zero attached hydrogens (tertiary/aromatic N) is 1. The number of imide groups is 1. The highest BCUT2D eigenvalue weighted by Crippen LogP contribution is 2.34. The first kappa shape index (κ1) is 24.4. The lowest BCUT2D eigenvalue weighted by Crippen LogP contribution is -2.36. The maximum Gasteiger partial charge on any atom is 0.294 e. The van der Waals surface area contributed by atoms with E-state index in [4.69, 9.17) is 9.47 Å². The van der Waals surface area contributed by atoms with Crippen LogP contribution in [0.15, 0.2) is 47.4 Å². The molecule has 0 unspecified atom stereocenters. The van der Waals surface area contributed by atoms with Gasteiger partial charge in [0.15, 0.2) is 11.5 Å². The van der Waals surface area contributed by atoms with E-state index in [-0.39, 0.29) is 11.4 Å². The summed E-state index contributed by atoms with van der Waals surface area (Å²) in [5.74, 6) is 0.282. The highest BCUT2D eigenvalue weighted by atomic mass is 32.2. The average Bonchev–Trinajstić information content (AvgIpc) is 3.06. The van der Waals surface area contributed by atoms with Crippen LogP contribution in [-0.4, -0.2) is 41.7 Å². The van der Waals surface area contributed by atoms with E-state index >= 15 is 0 Å². The summed E-state index contributed by atoms with van der Waals surface area (Å²) in [6.45, 7) is 6.65. The maximum absolute atomic E-state index is 12.8. The van der Waals surface area contributed by atoms with E-state index in [1.807, 2.05) is 32.9 Å². The number of nitrogens with one attached hydrogen (secondary N) is 1. The maximum atomic E-state index is 12.8. The number of anilines is 1. The molecule has 0 saturated carbocycles. The van der Waals surface area contributed by atoms with Gasteiger partial charge in [0.1, 0.15) is 6.54 Å². The zero-order valence-electron chi connectivity index (χ0n) is 19.1. The summed E-state index contributed by atoms with van der Waals surface area (Å²) < 4.78 is 11.4. The molecule has 1 fully saturated rings. The lowest BCUT2D eigenvalue weighted by atomic mass is 10.1. The Bertz CT molecular complexity index is 1050. The minimum absolute atomic E-state index is 0.254. The van der Waals surface area contributed by atoms with E-state index in [1.165, 1.54) is 0 Å². The van der Waals surface area contributed by atoms with Crippen molar-refractivity contribution in [3.05, 3.63) is 58.5 Å². The second kappa shape index (κ2) is 11.6. The van der Waals surface area contributed by atoms with Gasteiger partial charge in [-0.1, -0.05) is 32.0 Å². The molecule has 0 aromatic heterocycles. The molecule has 33 heavy (non-hydrogen) atoms. The van der Waals surface area contributed by atoms with Crippen LogP contribution in [-0.2, 0) is 16.0 Å². The third-order valence-corrected chi connectivity index (χ3v) is 5.76. The molecular weight excluding hydrogens is 440 g/mol. The summed E-state index contributed by atoms with van der Waals surface area (Å²) in [6, 6.07) is 12.8. The number of thioether (sulfide) groups is 1. The van der Waals surface area contributed by atoms with Crippen LogP contribution in [0.25, 0.3) is 6.08 Å². The molecule has 1 N–H and O–H groups in total. The molecule has 1 aliphatic rings. The highest BCUT2D eigenvalue weighted by Gasteiger charge is 2.36. The first-order valence-corrected chi connectivity index (χ1v) is 11.8. The minimum Gasteiger partial charge on any atom is -0.490 e. The third kappa shape index (κ3) is 6.38. The minimum atomic E-state index is -0.495. The Morgan fingerprint density at radius 1 is 1.03 bits per heavy atom. The van der Waals surface area contributed by atoms with Gasteiger partial charge >= 0.3 is 0 Å². The van der Waals surface area contributed by atoms with Gasteiger partial charge < -0.3 is 14.8 Å². The topological polar surface area (TPSA) is 84.9 Å². The number of hydrogen-bond donors (Lipinski definition) is 1. The van der Waals surface area contributed by atoms with E-state index in [2.05, 4.69) is 5.32 Å². The van der Waals surface area contributed by atoms with Crippen LogP contribution in [0, 0.1) is 0 Å². The normalized spacial score (nSPS) is 14.6. The summed E-state index contributed by atoms with van der Waals surface area (Å²) in [4.78, 5) is 38.8. The van der Waals surface area contributed by atoms with Gasteiger partial charge in [-0.05, 0) is 73.0 Å². The molecule has 3 amide bonds. The molecule has 2 aromatic rings. The Balaban J connectivity index is 1.69. The Labute approximate surface area is 198 Å². The zero-order chi connectivity index (χ0) is 23.8. The van der Waals surface area contributed by atoms with Gasteiger partial charge in [0.05, 0.1) is 18.1 Å². The largest absolute Gasteiger partial charge is 0.490 e.